The molecule has 1 atom stereocenters. The van der Waals surface area contributed by atoms with Gasteiger partial charge in [0.05, 0.1) is 18.7 Å². The molecule has 2 aromatic rings. The Hall–Kier alpha value is -2.75. The Morgan fingerprint density at radius 2 is 2.38 bits per heavy atom. The molecular weight excluding hydrogens is 270 g/mol. The summed E-state index contributed by atoms with van der Waals surface area (Å²) >= 11 is 0. The molecular formula is C14H13N5O2. The number of ether oxygens (including phenoxy) is 1. The summed E-state index contributed by atoms with van der Waals surface area (Å²) in [5.74, 6) is 1.02. The molecule has 0 N–H and O–H groups in total. The normalized spacial score (nSPS) is 16.3. The lowest BCUT2D eigenvalue weighted by Crippen LogP contribution is -2.00. The molecule has 0 fully saturated rings. The zero-order valence-electron chi connectivity index (χ0n) is 11.5. The maximum absolute atomic E-state index is 10.9. The van der Waals surface area contributed by atoms with Gasteiger partial charge in [-0.3, -0.25) is 0 Å². The van der Waals surface area contributed by atoms with Crippen LogP contribution in [0.2, 0.25) is 0 Å². The molecule has 1 aromatic carbocycles. The van der Waals surface area contributed by atoms with Crippen molar-refractivity contribution in [1.29, 1.82) is 5.26 Å². The van der Waals surface area contributed by atoms with Crippen molar-refractivity contribution < 1.29 is 9.53 Å². The zero-order valence-corrected chi connectivity index (χ0v) is 11.5. The summed E-state index contributed by atoms with van der Waals surface area (Å²) in [6.45, 7) is 0.189. The predicted octanol–water partition coefficient (Wildman–Crippen LogP) is 0.574. The van der Waals surface area contributed by atoms with Crippen LogP contribution in [0.4, 0.5) is 0 Å². The summed E-state index contributed by atoms with van der Waals surface area (Å²) in [5, 5.41) is 20.8. The summed E-state index contributed by atoms with van der Waals surface area (Å²) in [6, 6.07) is 5.75. The van der Waals surface area contributed by atoms with E-state index < -0.39 is 0 Å². The highest BCUT2D eigenvalue weighted by molar-refractivity contribution is 5.61. The summed E-state index contributed by atoms with van der Waals surface area (Å²) in [7, 11) is 1.68. The number of carbonyl (C=O) groups is 1. The molecule has 106 valence electrons. The van der Waals surface area contributed by atoms with Crippen LogP contribution >= 0.6 is 0 Å². The number of nitrogens with zero attached hydrogens (tertiary/aromatic N) is 5. The fraction of sp³-hybridized carbons (Fsp3) is 0.357. The van der Waals surface area contributed by atoms with Gasteiger partial charge in [-0.15, -0.1) is 10.2 Å². The molecule has 1 aliphatic carbocycles. The number of aryl methyl sites for hydroxylation is 1. The van der Waals surface area contributed by atoms with Crippen molar-refractivity contribution in [3.63, 3.8) is 0 Å². The highest BCUT2D eigenvalue weighted by Gasteiger charge is 2.24. The van der Waals surface area contributed by atoms with Gasteiger partial charge in [-0.25, -0.2) is 0 Å². The van der Waals surface area contributed by atoms with Crippen LogP contribution in [0, 0.1) is 17.2 Å². The Labute approximate surface area is 121 Å². The van der Waals surface area contributed by atoms with Crippen molar-refractivity contribution in [2.75, 3.05) is 0 Å². The average molecular weight is 283 g/mol. The van der Waals surface area contributed by atoms with Gasteiger partial charge in [0.15, 0.2) is 6.61 Å². The van der Waals surface area contributed by atoms with E-state index in [2.05, 4.69) is 21.5 Å². The smallest absolute Gasteiger partial charge is 0.212 e. The van der Waals surface area contributed by atoms with Crippen molar-refractivity contribution in [3.05, 3.63) is 34.6 Å². The monoisotopic (exact) mass is 283 g/mol. The third kappa shape index (κ3) is 2.60. The van der Waals surface area contributed by atoms with Crippen LogP contribution in [-0.2, 0) is 31.3 Å². The molecule has 0 spiro atoms. The van der Waals surface area contributed by atoms with E-state index in [1.807, 2.05) is 6.07 Å². The number of benzene rings is 1. The van der Waals surface area contributed by atoms with Crippen LogP contribution in [0.1, 0.15) is 22.5 Å². The van der Waals surface area contributed by atoms with Crippen LogP contribution < -0.4 is 4.74 Å². The number of hydrogen-bond donors (Lipinski definition) is 0. The highest BCUT2D eigenvalue weighted by Crippen LogP contribution is 2.32. The number of aldehydes is 1. The molecule has 0 saturated heterocycles. The second kappa shape index (κ2) is 5.32. The summed E-state index contributed by atoms with van der Waals surface area (Å²) in [6.07, 6.45) is 2.24. The lowest BCUT2D eigenvalue weighted by atomic mass is 10.0. The van der Waals surface area contributed by atoms with E-state index in [4.69, 9.17) is 4.74 Å². The Balaban J connectivity index is 1.81. The molecule has 0 aliphatic heterocycles. The summed E-state index contributed by atoms with van der Waals surface area (Å²) < 4.78 is 5.62. The molecule has 0 saturated carbocycles. The summed E-state index contributed by atoms with van der Waals surface area (Å²) in [5.41, 5.74) is 2.53. The predicted molar refractivity (Wildman–Crippen MR) is 71.2 cm³/mol. The van der Waals surface area contributed by atoms with Crippen LogP contribution in [0.3, 0.4) is 0 Å². The van der Waals surface area contributed by atoms with Crippen LogP contribution in [0.25, 0.3) is 0 Å². The van der Waals surface area contributed by atoms with Crippen molar-refractivity contribution >= 4 is 6.29 Å². The van der Waals surface area contributed by atoms with Gasteiger partial charge in [-0.2, -0.15) is 10.1 Å². The first-order chi connectivity index (χ1) is 10.2. The number of aromatic nitrogens is 4. The molecule has 7 nitrogen and oxygen atoms in total. The molecule has 1 heterocycles. The fourth-order valence-electron chi connectivity index (χ4n) is 2.55. The first-order valence-corrected chi connectivity index (χ1v) is 6.56. The van der Waals surface area contributed by atoms with E-state index in [9.17, 15) is 10.1 Å². The third-order valence-electron chi connectivity index (χ3n) is 3.49. The first-order valence-electron chi connectivity index (χ1n) is 6.56. The molecule has 21 heavy (non-hydrogen) atoms. The van der Waals surface area contributed by atoms with E-state index in [-0.39, 0.29) is 12.5 Å². The summed E-state index contributed by atoms with van der Waals surface area (Å²) in [4.78, 5) is 12.3. The Kier molecular flexibility index (Phi) is 3.36. The van der Waals surface area contributed by atoms with Gasteiger partial charge in [0.2, 0.25) is 5.82 Å². The van der Waals surface area contributed by atoms with Crippen molar-refractivity contribution in [1.82, 2.24) is 20.2 Å². The Bertz CT molecular complexity index is 731. The van der Waals surface area contributed by atoms with Gasteiger partial charge in [0.1, 0.15) is 12.0 Å². The van der Waals surface area contributed by atoms with Gasteiger partial charge in [-0.1, -0.05) is 0 Å². The SMILES string of the molecule is Cn1nnc(COc2cc(C#N)c3c(c2)CC(C=O)C3)n1. The maximum Gasteiger partial charge on any atom is 0.212 e. The van der Waals surface area contributed by atoms with E-state index >= 15 is 0 Å². The number of rotatable bonds is 4. The molecule has 0 bridgehead atoms. The molecule has 1 unspecified atom stereocenters. The second-order valence-corrected chi connectivity index (χ2v) is 5.01. The average Bonchev–Trinajstić information content (AvgIpc) is 3.09. The van der Waals surface area contributed by atoms with Gasteiger partial charge >= 0.3 is 0 Å². The van der Waals surface area contributed by atoms with Crippen LogP contribution in [-0.4, -0.2) is 26.5 Å². The Morgan fingerprint density at radius 3 is 3.05 bits per heavy atom. The third-order valence-corrected chi connectivity index (χ3v) is 3.49. The minimum absolute atomic E-state index is 0.0380. The lowest BCUT2D eigenvalue weighted by Gasteiger charge is -2.08. The van der Waals surface area contributed by atoms with Crippen molar-refractivity contribution in [2.24, 2.45) is 13.0 Å². The van der Waals surface area contributed by atoms with Crippen LogP contribution in [0.15, 0.2) is 12.1 Å². The molecule has 1 aliphatic rings. The molecule has 1 aromatic heterocycles. The van der Waals surface area contributed by atoms with Gasteiger partial charge in [-0.05, 0) is 41.3 Å². The zero-order chi connectivity index (χ0) is 14.8. The van der Waals surface area contributed by atoms with E-state index in [1.54, 1.807) is 13.1 Å². The standard InChI is InChI=1S/C14H13N5O2/c1-19-17-14(16-18-19)8-21-12-4-10-2-9(7-20)3-13(10)11(5-12)6-15/h4-5,7,9H,2-3,8H2,1H3. The topological polar surface area (TPSA) is 93.7 Å². The van der Waals surface area contributed by atoms with Gasteiger partial charge < -0.3 is 9.53 Å². The van der Waals surface area contributed by atoms with Gasteiger partial charge in [0, 0.05) is 5.92 Å². The number of hydrogen-bond acceptors (Lipinski definition) is 6. The van der Waals surface area contributed by atoms with Gasteiger partial charge in [0.25, 0.3) is 0 Å². The maximum atomic E-state index is 10.9. The number of tetrazole rings is 1. The molecule has 3 rings (SSSR count). The number of nitriles is 1. The Morgan fingerprint density at radius 1 is 1.52 bits per heavy atom. The van der Waals surface area contributed by atoms with E-state index in [0.717, 1.165) is 17.4 Å². The highest BCUT2D eigenvalue weighted by atomic mass is 16.5. The molecule has 0 radical (unpaired) electrons. The molecule has 0 amide bonds. The van der Waals surface area contributed by atoms with E-state index in [0.29, 0.717) is 30.0 Å². The van der Waals surface area contributed by atoms with E-state index in [1.165, 1.54) is 4.80 Å². The van der Waals surface area contributed by atoms with Crippen molar-refractivity contribution in [2.45, 2.75) is 19.4 Å². The second-order valence-electron chi connectivity index (χ2n) is 5.01. The molecule has 7 heteroatoms. The van der Waals surface area contributed by atoms with Crippen molar-refractivity contribution in [3.8, 4) is 11.8 Å². The minimum atomic E-state index is -0.0380. The quantitative estimate of drug-likeness (QED) is 0.762. The largest absolute Gasteiger partial charge is 0.485 e. The van der Waals surface area contributed by atoms with Crippen LogP contribution in [0.5, 0.6) is 5.75 Å². The number of carbonyl (C=O) groups excluding carboxylic acids is 1. The fourth-order valence-corrected chi connectivity index (χ4v) is 2.55. The minimum Gasteiger partial charge on any atom is -0.485 e. The number of fused-ring (bicyclic) bond motifs is 1. The first kappa shape index (κ1) is 13.2. The lowest BCUT2D eigenvalue weighted by molar-refractivity contribution is -0.110.